The quantitative estimate of drug-likeness (QED) is 0.538. The number of carbonyl (C=O) groups is 1. The fourth-order valence-corrected chi connectivity index (χ4v) is 4.19. The lowest BCUT2D eigenvalue weighted by Crippen LogP contribution is -2.30. The van der Waals surface area contributed by atoms with Crippen molar-refractivity contribution in [2.24, 2.45) is 0 Å². The maximum Gasteiger partial charge on any atom is 0.245 e. The summed E-state index contributed by atoms with van der Waals surface area (Å²) in [6.45, 7) is 0. The zero-order valence-corrected chi connectivity index (χ0v) is 13.8. The Kier molecular flexibility index (Phi) is 3.54. The molecule has 4 aromatic rings. The van der Waals surface area contributed by atoms with Gasteiger partial charge in [-0.1, -0.05) is 6.07 Å². The van der Waals surface area contributed by atoms with E-state index in [0.717, 1.165) is 20.6 Å². The molecule has 0 atom stereocenters. The molecule has 7 nitrogen and oxygen atoms in total. The highest BCUT2D eigenvalue weighted by molar-refractivity contribution is 7.92. The van der Waals surface area contributed by atoms with E-state index in [2.05, 4.69) is 15.0 Å². The summed E-state index contributed by atoms with van der Waals surface area (Å²) in [6.07, 6.45) is 5.31. The topological polar surface area (TPSA) is 98.9 Å². The Hall–Kier alpha value is -3.13. The van der Waals surface area contributed by atoms with E-state index in [1.165, 1.54) is 0 Å². The van der Waals surface area contributed by atoms with E-state index < -0.39 is 10.0 Å². The number of sulfonamides is 1. The number of aromatic amines is 2. The summed E-state index contributed by atoms with van der Waals surface area (Å²) in [5.41, 5.74) is 2.23. The molecule has 0 saturated carbocycles. The highest BCUT2D eigenvalue weighted by Gasteiger charge is 2.24. The Labute approximate surface area is 143 Å². The second-order valence-corrected chi connectivity index (χ2v) is 7.47. The van der Waals surface area contributed by atoms with Crippen LogP contribution in [0.1, 0.15) is 5.56 Å². The van der Waals surface area contributed by atoms with Crippen LogP contribution in [0.2, 0.25) is 0 Å². The van der Waals surface area contributed by atoms with Gasteiger partial charge in [0.15, 0.2) is 0 Å². The van der Waals surface area contributed by atoms with Crippen LogP contribution in [0.4, 0.5) is 5.69 Å². The van der Waals surface area contributed by atoms with Gasteiger partial charge in [0, 0.05) is 29.5 Å². The SMILES string of the molecule is O=CN(c1ccc2cc[nH]c2c1)S(=O)(=O)Cc1c[nH]c2ncccc12. The monoisotopic (exact) mass is 354 g/mol. The standard InChI is InChI=1S/C17H14N4O3S/c22-11-21(14-4-3-12-5-7-18-16(12)8-14)25(23,24)10-13-9-20-17-15(13)2-1-6-19-17/h1-9,11,18H,10H2,(H,19,20). The molecule has 25 heavy (non-hydrogen) atoms. The van der Waals surface area contributed by atoms with Crippen molar-refractivity contribution >= 4 is 44.1 Å². The molecule has 126 valence electrons. The predicted molar refractivity (Wildman–Crippen MR) is 95.6 cm³/mol. The van der Waals surface area contributed by atoms with Gasteiger partial charge in [-0.3, -0.25) is 4.79 Å². The van der Waals surface area contributed by atoms with Crippen molar-refractivity contribution in [3.05, 3.63) is 60.6 Å². The first-order valence-electron chi connectivity index (χ1n) is 7.54. The van der Waals surface area contributed by atoms with Crippen LogP contribution in [-0.4, -0.2) is 29.8 Å². The second kappa shape index (κ2) is 5.75. The van der Waals surface area contributed by atoms with Gasteiger partial charge in [0.2, 0.25) is 16.4 Å². The van der Waals surface area contributed by atoms with E-state index >= 15 is 0 Å². The van der Waals surface area contributed by atoms with Gasteiger partial charge in [-0.15, -0.1) is 0 Å². The number of nitrogens with zero attached hydrogens (tertiary/aromatic N) is 2. The van der Waals surface area contributed by atoms with Crippen molar-refractivity contribution in [3.63, 3.8) is 0 Å². The molecule has 0 bridgehead atoms. The first-order valence-corrected chi connectivity index (χ1v) is 9.15. The van der Waals surface area contributed by atoms with Gasteiger partial charge in [-0.25, -0.2) is 17.7 Å². The van der Waals surface area contributed by atoms with Crippen LogP contribution < -0.4 is 4.31 Å². The van der Waals surface area contributed by atoms with Crippen LogP contribution in [0.3, 0.4) is 0 Å². The molecule has 2 N–H and O–H groups in total. The minimum atomic E-state index is -3.89. The number of pyridine rings is 1. The summed E-state index contributed by atoms with van der Waals surface area (Å²) in [5, 5.41) is 1.66. The number of aromatic nitrogens is 3. The normalized spacial score (nSPS) is 11.8. The molecule has 0 aliphatic rings. The molecule has 3 aromatic heterocycles. The van der Waals surface area contributed by atoms with Gasteiger partial charge in [0.25, 0.3) is 0 Å². The zero-order valence-electron chi connectivity index (χ0n) is 13.0. The molecule has 4 rings (SSSR count). The number of anilines is 1. The summed E-state index contributed by atoms with van der Waals surface area (Å²) in [7, 11) is -3.89. The van der Waals surface area contributed by atoms with Crippen molar-refractivity contribution in [2.75, 3.05) is 4.31 Å². The maximum atomic E-state index is 12.8. The van der Waals surface area contributed by atoms with Crippen molar-refractivity contribution in [2.45, 2.75) is 5.75 Å². The molecule has 0 radical (unpaired) electrons. The van der Waals surface area contributed by atoms with E-state index in [1.54, 1.807) is 48.9 Å². The number of hydrogen-bond donors (Lipinski definition) is 2. The van der Waals surface area contributed by atoms with E-state index in [9.17, 15) is 13.2 Å². The van der Waals surface area contributed by atoms with Crippen LogP contribution >= 0.6 is 0 Å². The van der Waals surface area contributed by atoms with Crippen molar-refractivity contribution in [1.29, 1.82) is 0 Å². The van der Waals surface area contributed by atoms with Gasteiger partial charge < -0.3 is 9.97 Å². The maximum absolute atomic E-state index is 12.8. The zero-order chi connectivity index (χ0) is 17.4. The molecule has 0 unspecified atom stereocenters. The van der Waals surface area contributed by atoms with E-state index in [0.29, 0.717) is 23.3 Å². The number of H-pyrrole nitrogens is 2. The van der Waals surface area contributed by atoms with Crippen LogP contribution in [0.15, 0.2) is 55.0 Å². The minimum Gasteiger partial charge on any atom is -0.361 e. The number of hydrogen-bond acceptors (Lipinski definition) is 4. The minimum absolute atomic E-state index is 0.294. The third-order valence-corrected chi connectivity index (χ3v) is 5.64. The highest BCUT2D eigenvalue weighted by Crippen LogP contribution is 2.25. The van der Waals surface area contributed by atoms with Gasteiger partial charge >= 0.3 is 0 Å². The van der Waals surface area contributed by atoms with Crippen molar-refractivity contribution < 1.29 is 13.2 Å². The van der Waals surface area contributed by atoms with Gasteiger partial charge in [-0.2, -0.15) is 0 Å². The van der Waals surface area contributed by atoms with Crippen molar-refractivity contribution in [1.82, 2.24) is 15.0 Å². The fourth-order valence-electron chi connectivity index (χ4n) is 2.86. The number of rotatable bonds is 5. The lowest BCUT2D eigenvalue weighted by Gasteiger charge is -2.17. The molecule has 0 saturated heterocycles. The average Bonchev–Trinajstić information content (AvgIpc) is 3.22. The van der Waals surface area contributed by atoms with Crippen molar-refractivity contribution in [3.8, 4) is 0 Å². The molecule has 3 heterocycles. The largest absolute Gasteiger partial charge is 0.361 e. The molecule has 1 amide bonds. The number of benzene rings is 1. The van der Waals surface area contributed by atoms with Crippen LogP contribution in [0, 0.1) is 0 Å². The molecular formula is C17H14N4O3S. The van der Waals surface area contributed by atoms with Crippen LogP contribution in [0.25, 0.3) is 21.9 Å². The van der Waals surface area contributed by atoms with Crippen LogP contribution in [-0.2, 0) is 20.6 Å². The smallest absolute Gasteiger partial charge is 0.245 e. The van der Waals surface area contributed by atoms with Gasteiger partial charge in [0.05, 0.1) is 11.4 Å². The number of nitrogens with one attached hydrogen (secondary N) is 2. The van der Waals surface area contributed by atoms with Gasteiger partial charge in [-0.05, 0) is 41.3 Å². The lowest BCUT2D eigenvalue weighted by molar-refractivity contribution is -0.106. The molecule has 8 heteroatoms. The molecule has 0 aliphatic carbocycles. The fraction of sp³-hybridized carbons (Fsp3) is 0.0588. The Balaban J connectivity index is 1.72. The van der Waals surface area contributed by atoms with E-state index in [1.807, 2.05) is 6.07 Å². The third-order valence-electron chi connectivity index (χ3n) is 4.06. The van der Waals surface area contributed by atoms with Gasteiger partial charge in [0.1, 0.15) is 5.65 Å². The molecular weight excluding hydrogens is 340 g/mol. The molecule has 0 spiro atoms. The summed E-state index contributed by atoms with van der Waals surface area (Å²) >= 11 is 0. The predicted octanol–water partition coefficient (Wildman–Crippen LogP) is 2.54. The Bertz CT molecular complexity index is 1180. The first kappa shape index (κ1) is 15.4. The Morgan fingerprint density at radius 1 is 1.16 bits per heavy atom. The second-order valence-electron chi connectivity index (χ2n) is 5.62. The average molecular weight is 354 g/mol. The lowest BCUT2D eigenvalue weighted by atomic mass is 10.2. The Morgan fingerprint density at radius 2 is 2.04 bits per heavy atom. The molecule has 1 aromatic carbocycles. The van der Waals surface area contributed by atoms with E-state index in [-0.39, 0.29) is 5.75 Å². The summed E-state index contributed by atoms with van der Waals surface area (Å²) < 4.78 is 26.4. The third kappa shape index (κ3) is 2.66. The number of carbonyl (C=O) groups excluding carboxylic acids is 1. The highest BCUT2D eigenvalue weighted by atomic mass is 32.2. The first-order chi connectivity index (χ1) is 12.1. The van der Waals surface area contributed by atoms with Crippen LogP contribution in [0.5, 0.6) is 0 Å². The summed E-state index contributed by atoms with van der Waals surface area (Å²) in [5.74, 6) is -0.305. The van der Waals surface area contributed by atoms with E-state index in [4.69, 9.17) is 0 Å². The summed E-state index contributed by atoms with van der Waals surface area (Å²) in [4.78, 5) is 21.6. The molecule has 0 fully saturated rings. The number of fused-ring (bicyclic) bond motifs is 2. The molecule has 0 aliphatic heterocycles. The Morgan fingerprint density at radius 3 is 2.88 bits per heavy atom. The number of amides is 1. The summed E-state index contributed by atoms with van der Waals surface area (Å²) in [6, 6.07) is 10.4.